The van der Waals surface area contributed by atoms with Crippen LogP contribution in [0.1, 0.15) is 45.6 Å². The Morgan fingerprint density at radius 1 is 1.50 bits per heavy atom. The van der Waals surface area contributed by atoms with Gasteiger partial charge in [-0.15, -0.1) is 0 Å². The first-order valence-electron chi connectivity index (χ1n) is 7.20. The lowest BCUT2D eigenvalue weighted by atomic mass is 9.75. The third kappa shape index (κ3) is 3.58. The second-order valence-corrected chi connectivity index (χ2v) is 6.49. The fraction of sp³-hybridized carbons (Fsp3) is 0.800. The zero-order valence-corrected chi connectivity index (χ0v) is 12.2. The summed E-state index contributed by atoms with van der Waals surface area (Å²) in [6.45, 7) is 8.26. The minimum atomic E-state index is 0.387. The largest absolute Gasteiger partial charge is 0.313 e. The zero-order chi connectivity index (χ0) is 13.2. The minimum absolute atomic E-state index is 0.387. The first-order valence-corrected chi connectivity index (χ1v) is 7.20. The molecule has 1 unspecified atom stereocenters. The molecule has 1 heterocycles. The summed E-state index contributed by atoms with van der Waals surface area (Å²) in [5.41, 5.74) is 1.74. The van der Waals surface area contributed by atoms with Crippen LogP contribution in [0.15, 0.2) is 12.4 Å². The van der Waals surface area contributed by atoms with E-state index in [0.717, 1.165) is 19.0 Å². The predicted molar refractivity (Wildman–Crippen MR) is 75.5 cm³/mol. The number of aryl methyl sites for hydroxylation is 2. The lowest BCUT2D eigenvalue weighted by Gasteiger charge is -2.34. The average Bonchev–Trinajstić information content (AvgIpc) is 3.06. The summed E-state index contributed by atoms with van der Waals surface area (Å²) < 4.78 is 1.89. The Labute approximate surface area is 111 Å². The molecule has 0 aromatic carbocycles. The fourth-order valence-corrected chi connectivity index (χ4v) is 2.28. The molecule has 1 aromatic rings. The van der Waals surface area contributed by atoms with Gasteiger partial charge < -0.3 is 5.32 Å². The van der Waals surface area contributed by atoms with Crippen LogP contribution in [0.25, 0.3) is 0 Å². The summed E-state index contributed by atoms with van der Waals surface area (Å²) in [5.74, 6) is 0.709. The molecule has 0 amide bonds. The smallest absolute Gasteiger partial charge is 0.0521 e. The van der Waals surface area contributed by atoms with Crippen molar-refractivity contribution >= 4 is 0 Å². The van der Waals surface area contributed by atoms with Gasteiger partial charge >= 0.3 is 0 Å². The van der Waals surface area contributed by atoms with E-state index in [1.165, 1.54) is 24.8 Å². The van der Waals surface area contributed by atoms with Gasteiger partial charge in [0, 0.05) is 25.8 Å². The van der Waals surface area contributed by atoms with Crippen LogP contribution in [0.2, 0.25) is 0 Å². The van der Waals surface area contributed by atoms with Crippen LogP contribution in [0.3, 0.4) is 0 Å². The molecule has 0 bridgehead atoms. The Morgan fingerprint density at radius 3 is 2.72 bits per heavy atom. The van der Waals surface area contributed by atoms with Gasteiger partial charge in [0.25, 0.3) is 0 Å². The maximum atomic E-state index is 4.25. The van der Waals surface area contributed by atoms with Crippen LogP contribution in [-0.4, -0.2) is 22.4 Å². The minimum Gasteiger partial charge on any atom is -0.313 e. The zero-order valence-electron chi connectivity index (χ0n) is 12.2. The van der Waals surface area contributed by atoms with E-state index in [-0.39, 0.29) is 0 Å². The van der Waals surface area contributed by atoms with E-state index >= 15 is 0 Å². The quantitative estimate of drug-likeness (QED) is 0.805. The van der Waals surface area contributed by atoms with Gasteiger partial charge in [-0.2, -0.15) is 5.10 Å². The molecule has 0 aliphatic heterocycles. The second-order valence-electron chi connectivity index (χ2n) is 6.49. The highest BCUT2D eigenvalue weighted by molar-refractivity contribution is 5.04. The number of rotatable bonds is 7. The molecule has 3 heteroatoms. The van der Waals surface area contributed by atoms with Crippen LogP contribution in [0.5, 0.6) is 0 Å². The van der Waals surface area contributed by atoms with Crippen molar-refractivity contribution < 1.29 is 0 Å². The van der Waals surface area contributed by atoms with Gasteiger partial charge in [0.1, 0.15) is 0 Å². The van der Waals surface area contributed by atoms with Crippen molar-refractivity contribution in [2.45, 2.75) is 52.5 Å². The molecule has 0 spiro atoms. The van der Waals surface area contributed by atoms with E-state index in [1.54, 1.807) is 0 Å². The van der Waals surface area contributed by atoms with Crippen molar-refractivity contribution in [1.82, 2.24) is 15.1 Å². The van der Waals surface area contributed by atoms with Gasteiger partial charge in [0.2, 0.25) is 0 Å². The molecule has 0 saturated heterocycles. The summed E-state index contributed by atoms with van der Waals surface area (Å²) in [6.07, 6.45) is 9.24. The summed E-state index contributed by atoms with van der Waals surface area (Å²) in [6, 6.07) is 0.807. The van der Waals surface area contributed by atoms with Gasteiger partial charge in [-0.05, 0) is 42.6 Å². The van der Waals surface area contributed by atoms with Crippen molar-refractivity contribution in [3.8, 4) is 0 Å². The van der Waals surface area contributed by atoms with Crippen LogP contribution in [-0.2, 0) is 13.5 Å². The molecule has 1 aliphatic rings. The van der Waals surface area contributed by atoms with E-state index in [2.05, 4.69) is 37.4 Å². The van der Waals surface area contributed by atoms with E-state index in [9.17, 15) is 0 Å². The van der Waals surface area contributed by atoms with Crippen LogP contribution >= 0.6 is 0 Å². The third-order valence-corrected chi connectivity index (χ3v) is 4.51. The maximum Gasteiger partial charge on any atom is 0.0521 e. The van der Waals surface area contributed by atoms with Crippen LogP contribution < -0.4 is 5.32 Å². The van der Waals surface area contributed by atoms with Crippen molar-refractivity contribution in [1.29, 1.82) is 0 Å². The maximum absolute atomic E-state index is 4.25. The Hall–Kier alpha value is -0.830. The van der Waals surface area contributed by atoms with E-state index in [0.29, 0.717) is 11.3 Å². The van der Waals surface area contributed by atoms with Crippen molar-refractivity contribution in [2.75, 3.05) is 6.54 Å². The molecule has 1 fully saturated rings. The van der Waals surface area contributed by atoms with E-state index in [1.807, 2.05) is 17.9 Å². The number of hydrogen-bond donors (Lipinski definition) is 1. The summed E-state index contributed by atoms with van der Waals surface area (Å²) in [4.78, 5) is 0. The van der Waals surface area contributed by atoms with Crippen molar-refractivity contribution in [3.63, 3.8) is 0 Å². The summed E-state index contributed by atoms with van der Waals surface area (Å²) >= 11 is 0. The number of hydrogen-bond acceptors (Lipinski definition) is 2. The molecule has 2 rings (SSSR count). The molecule has 1 saturated carbocycles. The molecule has 1 N–H and O–H groups in total. The monoisotopic (exact) mass is 249 g/mol. The average molecular weight is 249 g/mol. The van der Waals surface area contributed by atoms with Gasteiger partial charge in [-0.25, -0.2) is 0 Å². The predicted octanol–water partition coefficient (Wildman–Crippen LogP) is 2.77. The highest BCUT2D eigenvalue weighted by atomic mass is 15.2. The molecule has 0 radical (unpaired) electrons. The second kappa shape index (κ2) is 5.43. The van der Waals surface area contributed by atoms with Gasteiger partial charge in [0.05, 0.1) is 6.20 Å². The third-order valence-electron chi connectivity index (χ3n) is 4.51. The number of nitrogens with zero attached hydrogens (tertiary/aromatic N) is 2. The molecular weight excluding hydrogens is 222 g/mol. The Morgan fingerprint density at radius 2 is 2.22 bits per heavy atom. The number of nitrogens with one attached hydrogen (secondary N) is 1. The van der Waals surface area contributed by atoms with Gasteiger partial charge in [-0.1, -0.05) is 20.8 Å². The van der Waals surface area contributed by atoms with E-state index in [4.69, 9.17) is 0 Å². The Bertz CT molecular complexity index is 379. The summed E-state index contributed by atoms with van der Waals surface area (Å²) in [7, 11) is 1.99. The Balaban J connectivity index is 1.87. The molecule has 102 valence electrons. The molecular formula is C15H27N3. The van der Waals surface area contributed by atoms with Crippen molar-refractivity contribution in [3.05, 3.63) is 18.0 Å². The highest BCUT2D eigenvalue weighted by Crippen LogP contribution is 2.33. The van der Waals surface area contributed by atoms with Crippen LogP contribution in [0, 0.1) is 11.3 Å². The van der Waals surface area contributed by atoms with Crippen LogP contribution in [0.4, 0.5) is 0 Å². The van der Waals surface area contributed by atoms with Crippen molar-refractivity contribution in [2.24, 2.45) is 18.4 Å². The summed E-state index contributed by atoms with van der Waals surface area (Å²) in [5, 5.41) is 7.95. The SMILES string of the molecule is CC(C)C(C)(CCc1cnn(C)c1)CNC1CC1. The Kier molecular flexibility index (Phi) is 4.10. The fourth-order valence-electron chi connectivity index (χ4n) is 2.28. The lowest BCUT2D eigenvalue weighted by molar-refractivity contribution is 0.191. The van der Waals surface area contributed by atoms with Gasteiger partial charge in [0.15, 0.2) is 0 Å². The lowest BCUT2D eigenvalue weighted by Crippen LogP contribution is -2.37. The molecule has 1 aliphatic carbocycles. The molecule has 18 heavy (non-hydrogen) atoms. The van der Waals surface area contributed by atoms with E-state index < -0.39 is 0 Å². The molecule has 1 aromatic heterocycles. The first-order chi connectivity index (χ1) is 8.49. The highest BCUT2D eigenvalue weighted by Gasteiger charge is 2.31. The standard InChI is InChI=1S/C15H27N3/c1-12(2)15(3,11-16-14-5-6-14)8-7-13-9-17-18(4)10-13/h9-10,12,14,16H,5-8,11H2,1-4H3. The molecule has 1 atom stereocenters. The van der Waals surface area contributed by atoms with Gasteiger partial charge in [-0.3, -0.25) is 4.68 Å². The topological polar surface area (TPSA) is 29.9 Å². The molecule has 3 nitrogen and oxygen atoms in total. The number of aromatic nitrogens is 2. The normalized spacial score (nSPS) is 19.2. The first kappa shape index (κ1) is 13.6.